The molecule has 29 heavy (non-hydrogen) atoms. The first kappa shape index (κ1) is 19.7. The standard InChI is InChI=1S/C21H28N4O4/c1-11(2)6-16-19(27)25(20(28)24-16)13-7-21(8-13)9-14(10-21)29-18-15(17(22)26)5-4-12(3)23-18/h4-5,11,13-14,16H,6-10H2,1-3H3,(H2,22,26)(H,24,28)/t13?,14?,16-,21?/m0/s1. The SMILES string of the molecule is Cc1ccc(C(N)=O)c(OC2CC3(C2)CC(N2C(=O)N[C@@H](CC(C)C)C2=O)C3)n1. The Balaban J connectivity index is 1.32. The van der Waals surface area contributed by atoms with Crippen LogP contribution in [-0.2, 0) is 4.79 Å². The maximum Gasteiger partial charge on any atom is 0.325 e. The van der Waals surface area contributed by atoms with Crippen molar-refractivity contribution < 1.29 is 19.1 Å². The Kier molecular flexibility index (Phi) is 4.75. The summed E-state index contributed by atoms with van der Waals surface area (Å²) in [5, 5.41) is 2.82. The number of aromatic nitrogens is 1. The molecular weight excluding hydrogens is 372 g/mol. The van der Waals surface area contributed by atoms with Gasteiger partial charge in [0.05, 0.1) is 0 Å². The van der Waals surface area contributed by atoms with Crippen molar-refractivity contribution in [1.82, 2.24) is 15.2 Å². The number of carbonyl (C=O) groups is 3. The topological polar surface area (TPSA) is 115 Å². The average Bonchev–Trinajstić information content (AvgIpc) is 2.82. The molecule has 4 rings (SSSR count). The Bertz CT molecular complexity index is 854. The van der Waals surface area contributed by atoms with Gasteiger partial charge < -0.3 is 15.8 Å². The number of nitrogens with one attached hydrogen (secondary N) is 1. The Morgan fingerprint density at radius 2 is 2.00 bits per heavy atom. The van der Waals surface area contributed by atoms with Gasteiger partial charge >= 0.3 is 6.03 Å². The number of urea groups is 1. The van der Waals surface area contributed by atoms with Crippen molar-refractivity contribution in [3.8, 4) is 5.88 Å². The summed E-state index contributed by atoms with van der Waals surface area (Å²) >= 11 is 0. The van der Waals surface area contributed by atoms with Gasteiger partial charge in [0.25, 0.3) is 11.8 Å². The monoisotopic (exact) mass is 400 g/mol. The summed E-state index contributed by atoms with van der Waals surface area (Å²) in [7, 11) is 0. The molecule has 0 unspecified atom stereocenters. The van der Waals surface area contributed by atoms with Crippen LogP contribution in [-0.4, -0.2) is 45.9 Å². The van der Waals surface area contributed by atoms with Gasteiger partial charge in [0, 0.05) is 11.7 Å². The Morgan fingerprint density at radius 1 is 1.31 bits per heavy atom. The second-order valence-electron chi connectivity index (χ2n) is 9.22. The van der Waals surface area contributed by atoms with Gasteiger partial charge in [0.2, 0.25) is 5.88 Å². The van der Waals surface area contributed by atoms with Crippen LogP contribution in [0.25, 0.3) is 0 Å². The van der Waals surface area contributed by atoms with E-state index in [0.717, 1.165) is 31.4 Å². The van der Waals surface area contributed by atoms with Crippen LogP contribution in [0.3, 0.4) is 0 Å². The van der Waals surface area contributed by atoms with E-state index >= 15 is 0 Å². The number of imide groups is 1. The average molecular weight is 400 g/mol. The zero-order valence-corrected chi connectivity index (χ0v) is 17.1. The van der Waals surface area contributed by atoms with E-state index in [0.29, 0.717) is 23.8 Å². The van der Waals surface area contributed by atoms with Gasteiger partial charge in [-0.2, -0.15) is 0 Å². The highest BCUT2D eigenvalue weighted by Crippen LogP contribution is 2.58. The lowest BCUT2D eigenvalue weighted by Gasteiger charge is -2.58. The predicted molar refractivity (Wildman–Crippen MR) is 105 cm³/mol. The number of ether oxygens (including phenoxy) is 1. The molecule has 1 aromatic rings. The van der Waals surface area contributed by atoms with Crippen LogP contribution in [0.15, 0.2) is 12.1 Å². The van der Waals surface area contributed by atoms with E-state index in [2.05, 4.69) is 10.3 Å². The minimum atomic E-state index is -0.556. The molecule has 1 spiro atoms. The van der Waals surface area contributed by atoms with E-state index in [4.69, 9.17) is 10.5 Å². The van der Waals surface area contributed by atoms with Gasteiger partial charge in [-0.05, 0) is 62.5 Å². The number of carbonyl (C=O) groups excluding carboxylic acids is 3. The molecule has 0 aromatic carbocycles. The summed E-state index contributed by atoms with van der Waals surface area (Å²) < 4.78 is 5.95. The molecule has 2 saturated carbocycles. The molecule has 3 N–H and O–H groups in total. The first-order valence-electron chi connectivity index (χ1n) is 10.2. The lowest BCUT2D eigenvalue weighted by molar-refractivity contribution is -0.141. The summed E-state index contributed by atoms with van der Waals surface area (Å²) in [6, 6.07) is 2.69. The molecule has 8 heteroatoms. The van der Waals surface area contributed by atoms with Crippen molar-refractivity contribution in [2.45, 2.75) is 71.1 Å². The van der Waals surface area contributed by atoms with E-state index < -0.39 is 11.9 Å². The smallest absolute Gasteiger partial charge is 0.325 e. The molecule has 1 atom stereocenters. The Labute approximate surface area is 170 Å². The number of hydrogen-bond donors (Lipinski definition) is 2. The van der Waals surface area contributed by atoms with Gasteiger partial charge in [-0.25, -0.2) is 9.78 Å². The van der Waals surface area contributed by atoms with Crippen molar-refractivity contribution in [1.29, 1.82) is 0 Å². The number of nitrogens with two attached hydrogens (primary N) is 1. The largest absolute Gasteiger partial charge is 0.474 e. The van der Waals surface area contributed by atoms with Crippen molar-refractivity contribution in [2.24, 2.45) is 17.1 Å². The molecule has 0 bridgehead atoms. The fraction of sp³-hybridized carbons (Fsp3) is 0.619. The van der Waals surface area contributed by atoms with E-state index in [1.165, 1.54) is 4.90 Å². The maximum atomic E-state index is 12.6. The highest BCUT2D eigenvalue weighted by atomic mass is 16.5. The van der Waals surface area contributed by atoms with Gasteiger partial charge in [-0.1, -0.05) is 13.8 Å². The van der Waals surface area contributed by atoms with E-state index in [-0.39, 0.29) is 29.5 Å². The van der Waals surface area contributed by atoms with Crippen LogP contribution in [0.5, 0.6) is 5.88 Å². The van der Waals surface area contributed by atoms with Crippen LogP contribution >= 0.6 is 0 Å². The molecule has 8 nitrogen and oxygen atoms in total. The van der Waals surface area contributed by atoms with Crippen LogP contribution in [0.2, 0.25) is 0 Å². The molecule has 3 fully saturated rings. The number of rotatable bonds is 6. The van der Waals surface area contributed by atoms with Gasteiger partial charge in [-0.15, -0.1) is 0 Å². The molecule has 1 saturated heterocycles. The summed E-state index contributed by atoms with van der Waals surface area (Å²) in [5.74, 6) is -0.00802. The van der Waals surface area contributed by atoms with Crippen molar-refractivity contribution in [3.05, 3.63) is 23.4 Å². The molecule has 4 amide bonds. The van der Waals surface area contributed by atoms with Crippen LogP contribution in [0.1, 0.15) is 62.0 Å². The molecule has 0 radical (unpaired) electrons. The third kappa shape index (κ3) is 3.56. The van der Waals surface area contributed by atoms with Gasteiger partial charge in [-0.3, -0.25) is 14.5 Å². The predicted octanol–water partition coefficient (Wildman–Crippen LogP) is 2.15. The minimum Gasteiger partial charge on any atom is -0.474 e. The van der Waals surface area contributed by atoms with E-state index in [1.807, 2.05) is 20.8 Å². The second kappa shape index (κ2) is 7.00. The first-order valence-corrected chi connectivity index (χ1v) is 10.2. The molecule has 1 aromatic heterocycles. The molecule has 156 valence electrons. The van der Waals surface area contributed by atoms with Crippen LogP contribution in [0, 0.1) is 18.3 Å². The zero-order chi connectivity index (χ0) is 20.9. The summed E-state index contributed by atoms with van der Waals surface area (Å²) in [5.41, 5.74) is 6.58. The maximum absolute atomic E-state index is 12.6. The zero-order valence-electron chi connectivity index (χ0n) is 17.1. The number of aryl methyl sites for hydroxylation is 1. The summed E-state index contributed by atoms with van der Waals surface area (Å²) in [6.45, 7) is 5.92. The van der Waals surface area contributed by atoms with Crippen molar-refractivity contribution >= 4 is 17.8 Å². The highest BCUT2D eigenvalue weighted by molar-refractivity contribution is 6.04. The third-order valence-corrected chi connectivity index (χ3v) is 6.33. The second-order valence-corrected chi connectivity index (χ2v) is 9.22. The number of pyridine rings is 1. The Morgan fingerprint density at radius 3 is 2.62 bits per heavy atom. The molecule has 1 aliphatic heterocycles. The fourth-order valence-electron chi connectivity index (χ4n) is 4.94. The number of primary amides is 1. The summed E-state index contributed by atoms with van der Waals surface area (Å²) in [4.78, 5) is 42.2. The normalized spacial score (nSPS) is 30.9. The van der Waals surface area contributed by atoms with Gasteiger partial charge in [0.15, 0.2) is 0 Å². The van der Waals surface area contributed by atoms with Crippen LogP contribution in [0.4, 0.5) is 4.79 Å². The minimum absolute atomic E-state index is 0.0276. The van der Waals surface area contributed by atoms with Crippen molar-refractivity contribution in [3.63, 3.8) is 0 Å². The fourth-order valence-corrected chi connectivity index (χ4v) is 4.94. The van der Waals surface area contributed by atoms with Crippen LogP contribution < -0.4 is 15.8 Å². The third-order valence-electron chi connectivity index (χ3n) is 6.33. The molecular formula is C21H28N4O4. The number of nitrogens with zero attached hydrogens (tertiary/aromatic N) is 2. The van der Waals surface area contributed by atoms with Gasteiger partial charge in [0.1, 0.15) is 17.7 Å². The highest BCUT2D eigenvalue weighted by Gasteiger charge is 2.58. The van der Waals surface area contributed by atoms with E-state index in [1.54, 1.807) is 12.1 Å². The number of amides is 4. The molecule has 2 heterocycles. The number of hydrogen-bond acceptors (Lipinski definition) is 5. The molecule has 3 aliphatic rings. The molecule has 2 aliphatic carbocycles. The van der Waals surface area contributed by atoms with Crippen molar-refractivity contribution in [2.75, 3.05) is 0 Å². The van der Waals surface area contributed by atoms with E-state index in [9.17, 15) is 14.4 Å². The summed E-state index contributed by atoms with van der Waals surface area (Å²) in [6.07, 6.45) is 3.92. The lowest BCUT2D eigenvalue weighted by Crippen LogP contribution is -2.60. The lowest BCUT2D eigenvalue weighted by atomic mass is 9.52. The first-order chi connectivity index (χ1) is 13.7. The Hall–Kier alpha value is -2.64. The quantitative estimate of drug-likeness (QED) is 0.710.